The van der Waals surface area contributed by atoms with Crippen LogP contribution in [0, 0.1) is 10.1 Å². The third kappa shape index (κ3) is 3.44. The second-order valence-electron chi connectivity index (χ2n) is 5.55. The lowest BCUT2D eigenvalue weighted by Gasteiger charge is -2.38. The van der Waals surface area contributed by atoms with Gasteiger partial charge >= 0.3 is 5.69 Å². The summed E-state index contributed by atoms with van der Waals surface area (Å²) in [5.74, 6) is 0.287. The van der Waals surface area contributed by atoms with E-state index in [0.717, 1.165) is 19.3 Å². The molecule has 1 aromatic rings. The number of benzene rings is 1. The molecule has 0 saturated heterocycles. The molecule has 1 fully saturated rings. The van der Waals surface area contributed by atoms with E-state index in [1.807, 2.05) is 18.7 Å². The fraction of sp³-hybridized carbons (Fsp3) is 0.600. The van der Waals surface area contributed by atoms with Crippen LogP contribution in [0.3, 0.4) is 0 Å². The molecule has 1 aliphatic rings. The number of ether oxygens (including phenoxy) is 1. The smallest absolute Gasteiger partial charge is 0.333 e. The standard InChI is InChI=1S/C15H22N2O4/c1-11(2)21-14-8-4-7-13(15(14)17(19)20)16(9-10-18)12-5-3-6-12/h4,7-8,11-12,18H,3,5-6,9-10H2,1-2H3. The number of nitro groups is 1. The SMILES string of the molecule is CC(C)Oc1cccc(N(CCO)C2CCC2)c1[N+](=O)[O-]. The van der Waals surface area contributed by atoms with Crippen molar-refractivity contribution in [2.75, 3.05) is 18.1 Å². The molecule has 0 amide bonds. The predicted octanol–water partition coefficient (Wildman–Crippen LogP) is 2.73. The lowest BCUT2D eigenvalue weighted by molar-refractivity contribution is -0.385. The molecular weight excluding hydrogens is 272 g/mol. The Morgan fingerprint density at radius 3 is 2.67 bits per heavy atom. The van der Waals surface area contributed by atoms with Crippen molar-refractivity contribution in [3.05, 3.63) is 28.3 Å². The Hall–Kier alpha value is -1.82. The Balaban J connectivity index is 2.42. The Morgan fingerprint density at radius 1 is 1.48 bits per heavy atom. The van der Waals surface area contributed by atoms with E-state index in [1.54, 1.807) is 18.2 Å². The van der Waals surface area contributed by atoms with Gasteiger partial charge in [0.15, 0.2) is 5.75 Å². The van der Waals surface area contributed by atoms with Crippen molar-refractivity contribution in [2.45, 2.75) is 45.3 Å². The first-order valence-electron chi connectivity index (χ1n) is 7.36. The minimum absolute atomic E-state index is 0.00782. The highest BCUT2D eigenvalue weighted by atomic mass is 16.6. The fourth-order valence-corrected chi connectivity index (χ4v) is 2.58. The summed E-state index contributed by atoms with van der Waals surface area (Å²) in [5.41, 5.74) is 0.531. The molecule has 1 aromatic carbocycles. The lowest BCUT2D eigenvalue weighted by Crippen LogP contribution is -2.42. The van der Waals surface area contributed by atoms with Crippen molar-refractivity contribution < 1.29 is 14.8 Å². The molecule has 0 aliphatic heterocycles. The van der Waals surface area contributed by atoms with Gasteiger partial charge in [0.1, 0.15) is 5.69 Å². The number of aliphatic hydroxyl groups is 1. The van der Waals surface area contributed by atoms with Crippen molar-refractivity contribution in [3.63, 3.8) is 0 Å². The van der Waals surface area contributed by atoms with E-state index in [0.29, 0.717) is 12.2 Å². The van der Waals surface area contributed by atoms with Gasteiger partial charge in [-0.3, -0.25) is 10.1 Å². The van der Waals surface area contributed by atoms with Crippen LogP contribution in [0.25, 0.3) is 0 Å². The molecule has 1 N–H and O–H groups in total. The lowest BCUT2D eigenvalue weighted by atomic mass is 9.91. The summed E-state index contributed by atoms with van der Waals surface area (Å²) in [6, 6.07) is 5.40. The van der Waals surface area contributed by atoms with Crippen LogP contribution in [-0.4, -0.2) is 35.3 Å². The molecule has 1 aliphatic carbocycles. The second kappa shape index (κ2) is 6.76. The van der Waals surface area contributed by atoms with Crippen molar-refractivity contribution in [3.8, 4) is 5.75 Å². The summed E-state index contributed by atoms with van der Waals surface area (Å²) in [7, 11) is 0. The van der Waals surface area contributed by atoms with Crippen LogP contribution >= 0.6 is 0 Å². The third-order valence-corrected chi connectivity index (χ3v) is 3.69. The first-order valence-corrected chi connectivity index (χ1v) is 7.36. The Bertz CT molecular complexity index is 500. The molecule has 0 heterocycles. The monoisotopic (exact) mass is 294 g/mol. The molecule has 6 nitrogen and oxygen atoms in total. The molecule has 0 radical (unpaired) electrons. The second-order valence-corrected chi connectivity index (χ2v) is 5.55. The molecular formula is C15H22N2O4. The first kappa shape index (κ1) is 15.6. The zero-order valence-electron chi connectivity index (χ0n) is 12.5. The molecule has 2 rings (SSSR count). The molecule has 0 bridgehead atoms. The zero-order chi connectivity index (χ0) is 15.4. The highest BCUT2D eigenvalue weighted by Crippen LogP contribution is 2.40. The van der Waals surface area contributed by atoms with E-state index in [4.69, 9.17) is 4.74 Å². The number of anilines is 1. The molecule has 21 heavy (non-hydrogen) atoms. The van der Waals surface area contributed by atoms with Crippen molar-refractivity contribution >= 4 is 11.4 Å². The van der Waals surface area contributed by atoms with E-state index in [2.05, 4.69) is 0 Å². The van der Waals surface area contributed by atoms with E-state index in [1.165, 1.54) is 0 Å². The van der Waals surface area contributed by atoms with Crippen LogP contribution in [-0.2, 0) is 0 Å². The highest BCUT2D eigenvalue weighted by Gasteiger charge is 2.31. The minimum Gasteiger partial charge on any atom is -0.484 e. The largest absolute Gasteiger partial charge is 0.484 e. The normalized spacial score (nSPS) is 14.9. The van der Waals surface area contributed by atoms with Crippen LogP contribution in [0.2, 0.25) is 0 Å². The predicted molar refractivity (Wildman–Crippen MR) is 80.9 cm³/mol. The van der Waals surface area contributed by atoms with Crippen LogP contribution in [0.5, 0.6) is 5.75 Å². The van der Waals surface area contributed by atoms with Gasteiger partial charge in [0.05, 0.1) is 17.6 Å². The zero-order valence-corrected chi connectivity index (χ0v) is 12.5. The number of aliphatic hydroxyl groups excluding tert-OH is 1. The summed E-state index contributed by atoms with van der Waals surface area (Å²) < 4.78 is 5.58. The molecule has 0 spiro atoms. The summed E-state index contributed by atoms with van der Waals surface area (Å²) in [6.07, 6.45) is 3.01. The van der Waals surface area contributed by atoms with E-state index in [-0.39, 0.29) is 30.2 Å². The fourth-order valence-electron chi connectivity index (χ4n) is 2.58. The number of nitro benzene ring substituents is 1. The van der Waals surface area contributed by atoms with Gasteiger partial charge in [-0.15, -0.1) is 0 Å². The minimum atomic E-state index is -0.393. The van der Waals surface area contributed by atoms with Gasteiger partial charge < -0.3 is 14.7 Å². The van der Waals surface area contributed by atoms with Crippen LogP contribution < -0.4 is 9.64 Å². The molecule has 0 aromatic heterocycles. The van der Waals surface area contributed by atoms with E-state index in [9.17, 15) is 15.2 Å². The van der Waals surface area contributed by atoms with Crippen molar-refractivity contribution in [2.24, 2.45) is 0 Å². The summed E-state index contributed by atoms with van der Waals surface area (Å²) in [6.45, 7) is 4.06. The summed E-state index contributed by atoms with van der Waals surface area (Å²) in [5, 5.41) is 20.8. The van der Waals surface area contributed by atoms with E-state index >= 15 is 0 Å². The molecule has 6 heteroatoms. The maximum absolute atomic E-state index is 11.5. The topological polar surface area (TPSA) is 75.8 Å². The van der Waals surface area contributed by atoms with Gasteiger partial charge in [-0.25, -0.2) is 0 Å². The summed E-state index contributed by atoms with van der Waals surface area (Å²) >= 11 is 0. The van der Waals surface area contributed by atoms with Gasteiger partial charge in [0, 0.05) is 12.6 Å². The van der Waals surface area contributed by atoms with Gasteiger partial charge in [-0.2, -0.15) is 0 Å². The number of hydrogen-bond donors (Lipinski definition) is 1. The van der Waals surface area contributed by atoms with Crippen LogP contribution in [0.4, 0.5) is 11.4 Å². The molecule has 116 valence electrons. The molecule has 1 saturated carbocycles. The maximum atomic E-state index is 11.5. The Morgan fingerprint density at radius 2 is 2.19 bits per heavy atom. The molecule has 0 unspecified atom stereocenters. The van der Waals surface area contributed by atoms with Crippen LogP contribution in [0.1, 0.15) is 33.1 Å². The highest BCUT2D eigenvalue weighted by molar-refractivity contribution is 5.70. The Labute approximate surface area is 124 Å². The summed E-state index contributed by atoms with van der Waals surface area (Å²) in [4.78, 5) is 13.0. The number of nitrogens with zero attached hydrogens (tertiary/aromatic N) is 2. The number of hydrogen-bond acceptors (Lipinski definition) is 5. The Kier molecular flexibility index (Phi) is 5.01. The average Bonchev–Trinajstić information content (AvgIpc) is 2.34. The number of rotatable bonds is 7. The van der Waals surface area contributed by atoms with E-state index < -0.39 is 4.92 Å². The maximum Gasteiger partial charge on any atom is 0.333 e. The van der Waals surface area contributed by atoms with Crippen molar-refractivity contribution in [1.82, 2.24) is 0 Å². The average molecular weight is 294 g/mol. The van der Waals surface area contributed by atoms with Gasteiger partial charge in [0.25, 0.3) is 0 Å². The number of para-hydroxylation sites is 1. The molecule has 0 atom stereocenters. The van der Waals surface area contributed by atoms with Gasteiger partial charge in [-0.1, -0.05) is 6.07 Å². The third-order valence-electron chi connectivity index (χ3n) is 3.69. The first-order chi connectivity index (χ1) is 10.0. The van der Waals surface area contributed by atoms with Crippen molar-refractivity contribution in [1.29, 1.82) is 0 Å². The quantitative estimate of drug-likeness (QED) is 0.618. The van der Waals surface area contributed by atoms with Gasteiger partial charge in [-0.05, 0) is 45.2 Å². The van der Waals surface area contributed by atoms with Gasteiger partial charge in [0.2, 0.25) is 0 Å². The van der Waals surface area contributed by atoms with Crippen LogP contribution in [0.15, 0.2) is 18.2 Å².